The molecule has 0 saturated heterocycles. The largest absolute Gasteiger partial charge is 0.307 e. The first kappa shape index (κ1) is 21.2. The molecular formula is C33H35N2+. The summed E-state index contributed by atoms with van der Waals surface area (Å²) in [7, 11) is 2.21. The quantitative estimate of drug-likeness (QED) is 0.140. The first-order valence-corrected chi connectivity index (χ1v) is 13.3. The molecule has 35 heavy (non-hydrogen) atoms. The zero-order valence-electron chi connectivity index (χ0n) is 21.7. The molecule has 1 saturated carbocycles. The number of pyridine rings is 2. The van der Waals surface area contributed by atoms with E-state index in [1.807, 2.05) is 0 Å². The van der Waals surface area contributed by atoms with Gasteiger partial charge in [-0.05, 0) is 77.8 Å². The van der Waals surface area contributed by atoms with E-state index in [0.29, 0.717) is 5.92 Å². The van der Waals surface area contributed by atoms with E-state index in [-0.39, 0.29) is 5.41 Å². The van der Waals surface area contributed by atoms with Gasteiger partial charge in [0.2, 0.25) is 5.52 Å². The van der Waals surface area contributed by atoms with Gasteiger partial charge in [0.25, 0.3) is 0 Å². The lowest BCUT2D eigenvalue weighted by molar-refractivity contribution is -0.643. The van der Waals surface area contributed by atoms with Crippen LogP contribution in [0.3, 0.4) is 0 Å². The normalized spacial score (nSPS) is 15.7. The summed E-state index contributed by atoms with van der Waals surface area (Å²) in [4.78, 5) is 0. The molecule has 0 radical (unpaired) electrons. The average molecular weight is 460 g/mol. The zero-order valence-corrected chi connectivity index (χ0v) is 21.7. The fourth-order valence-electron chi connectivity index (χ4n) is 7.00. The number of aromatic nitrogens is 2. The maximum Gasteiger partial charge on any atom is 0.224 e. The number of benzene rings is 3. The van der Waals surface area contributed by atoms with Crippen LogP contribution >= 0.6 is 0 Å². The third kappa shape index (κ3) is 3.05. The van der Waals surface area contributed by atoms with E-state index in [2.05, 4.69) is 98.4 Å². The maximum absolute atomic E-state index is 2.60. The fraction of sp³-hybridized carbons (Fsp3) is 0.364. The van der Waals surface area contributed by atoms with Gasteiger partial charge in [-0.25, -0.2) is 4.57 Å². The molecule has 0 N–H and O–H groups in total. The lowest BCUT2D eigenvalue weighted by Crippen LogP contribution is -2.29. The van der Waals surface area contributed by atoms with Crippen LogP contribution in [-0.4, -0.2) is 4.40 Å². The Morgan fingerprint density at radius 2 is 1.69 bits per heavy atom. The molecule has 0 amide bonds. The van der Waals surface area contributed by atoms with Crippen molar-refractivity contribution in [3.63, 3.8) is 0 Å². The number of hydrogen-bond donors (Lipinski definition) is 0. The van der Waals surface area contributed by atoms with Crippen LogP contribution in [0.2, 0.25) is 0 Å². The second kappa shape index (κ2) is 7.20. The molecule has 0 bridgehead atoms. The third-order valence-electron chi connectivity index (χ3n) is 8.48. The van der Waals surface area contributed by atoms with Gasteiger partial charge in [0, 0.05) is 16.8 Å². The molecule has 0 unspecified atom stereocenters. The topological polar surface area (TPSA) is 8.29 Å². The molecule has 3 aromatic carbocycles. The van der Waals surface area contributed by atoms with Gasteiger partial charge in [-0.2, -0.15) is 0 Å². The lowest BCUT2D eigenvalue weighted by atomic mass is 9.88. The van der Waals surface area contributed by atoms with Crippen LogP contribution in [0.5, 0.6) is 0 Å². The second-order valence-electron chi connectivity index (χ2n) is 12.3. The predicted molar refractivity (Wildman–Crippen MR) is 149 cm³/mol. The van der Waals surface area contributed by atoms with Gasteiger partial charge < -0.3 is 4.40 Å². The van der Waals surface area contributed by atoms with Gasteiger partial charge in [-0.3, -0.25) is 0 Å². The molecule has 3 heterocycles. The van der Waals surface area contributed by atoms with Crippen molar-refractivity contribution >= 4 is 49.0 Å². The number of hydrogen-bond acceptors (Lipinski definition) is 0. The van der Waals surface area contributed by atoms with Crippen molar-refractivity contribution in [2.45, 2.75) is 65.7 Å². The summed E-state index contributed by atoms with van der Waals surface area (Å²) in [5, 5.41) is 6.94. The Morgan fingerprint density at radius 3 is 2.46 bits per heavy atom. The van der Waals surface area contributed by atoms with Crippen molar-refractivity contribution < 1.29 is 4.57 Å². The molecule has 1 fully saturated rings. The zero-order chi connectivity index (χ0) is 24.1. The van der Waals surface area contributed by atoms with Gasteiger partial charge in [0.05, 0.1) is 27.3 Å². The van der Waals surface area contributed by atoms with Crippen LogP contribution in [0.4, 0.5) is 0 Å². The minimum Gasteiger partial charge on any atom is -0.307 e. The van der Waals surface area contributed by atoms with Crippen LogP contribution < -0.4 is 4.57 Å². The monoisotopic (exact) mass is 459 g/mol. The van der Waals surface area contributed by atoms with E-state index in [9.17, 15) is 0 Å². The van der Waals surface area contributed by atoms with Crippen molar-refractivity contribution in [2.75, 3.05) is 0 Å². The summed E-state index contributed by atoms with van der Waals surface area (Å²) < 4.78 is 4.94. The van der Waals surface area contributed by atoms with E-state index >= 15 is 0 Å². The maximum atomic E-state index is 2.60. The van der Waals surface area contributed by atoms with Gasteiger partial charge >= 0.3 is 0 Å². The molecule has 0 aliphatic heterocycles. The predicted octanol–water partition coefficient (Wildman–Crippen LogP) is 8.37. The van der Waals surface area contributed by atoms with Crippen molar-refractivity contribution in [1.29, 1.82) is 0 Å². The van der Waals surface area contributed by atoms with E-state index in [4.69, 9.17) is 0 Å². The molecule has 1 aliphatic carbocycles. The van der Waals surface area contributed by atoms with E-state index < -0.39 is 0 Å². The Bertz CT molecular complexity index is 1770. The highest BCUT2D eigenvalue weighted by molar-refractivity contribution is 6.25. The summed E-state index contributed by atoms with van der Waals surface area (Å²) in [6.07, 6.45) is 8.73. The van der Waals surface area contributed by atoms with Crippen molar-refractivity contribution in [1.82, 2.24) is 4.40 Å². The van der Waals surface area contributed by atoms with Crippen LogP contribution in [-0.2, 0) is 13.5 Å². The Morgan fingerprint density at radius 1 is 0.886 bits per heavy atom. The summed E-state index contributed by atoms with van der Waals surface area (Å²) in [6, 6.07) is 19.3. The van der Waals surface area contributed by atoms with E-state index in [1.54, 1.807) is 0 Å². The Labute approximate surface area is 207 Å². The minimum atomic E-state index is 0.271. The third-order valence-corrected chi connectivity index (χ3v) is 8.48. The number of rotatable bonds is 2. The van der Waals surface area contributed by atoms with Crippen LogP contribution in [0.25, 0.3) is 49.0 Å². The summed E-state index contributed by atoms with van der Waals surface area (Å²) in [5.41, 5.74) is 10.0. The van der Waals surface area contributed by atoms with E-state index in [0.717, 1.165) is 6.42 Å². The Hall–Kier alpha value is -3.13. The fourth-order valence-corrected chi connectivity index (χ4v) is 7.00. The summed E-state index contributed by atoms with van der Waals surface area (Å²) in [6.45, 7) is 9.27. The lowest BCUT2D eigenvalue weighted by Gasteiger charge is -2.18. The van der Waals surface area contributed by atoms with Crippen LogP contribution in [0.15, 0.2) is 54.7 Å². The molecule has 0 atom stereocenters. The summed E-state index contributed by atoms with van der Waals surface area (Å²) in [5.74, 6) is 0.697. The van der Waals surface area contributed by atoms with Crippen molar-refractivity contribution in [3.05, 3.63) is 71.4 Å². The molecule has 6 aromatic rings. The first-order valence-electron chi connectivity index (χ1n) is 13.3. The number of nitrogens with zero attached hydrogens (tertiary/aromatic N) is 2. The first-order chi connectivity index (χ1) is 16.8. The molecule has 1 aliphatic rings. The Balaban J connectivity index is 1.70. The molecule has 2 heteroatoms. The second-order valence-corrected chi connectivity index (χ2v) is 12.3. The highest BCUT2D eigenvalue weighted by Crippen LogP contribution is 2.43. The van der Waals surface area contributed by atoms with Crippen molar-refractivity contribution in [2.24, 2.45) is 12.5 Å². The minimum absolute atomic E-state index is 0.271. The SMILES string of the molecule is Cc1ccc2c3cc(CC(C)(C)C)ccc3n3c4cc(C5CCCC5)cc5cc[n+](C)c(c1c23)c54. The standard InChI is InChI=1S/C33H35N2/c1-20-10-12-25-26-16-21(19-33(2,3)4)11-13-27(26)35-28-18-24(22-8-6-7-9-22)17-23-14-15-34(5)32(30(23)28)29(20)31(25)35/h10-18,22H,6-9,19H2,1-5H3/q+1. The molecule has 0 spiro atoms. The van der Waals surface area contributed by atoms with Crippen molar-refractivity contribution in [3.8, 4) is 0 Å². The summed E-state index contributed by atoms with van der Waals surface area (Å²) >= 11 is 0. The van der Waals surface area contributed by atoms with Gasteiger partial charge in [0.1, 0.15) is 7.05 Å². The highest BCUT2D eigenvalue weighted by Gasteiger charge is 2.26. The highest BCUT2D eigenvalue weighted by atomic mass is 15.0. The number of fused-ring (bicyclic) bond motifs is 5. The molecular weight excluding hydrogens is 424 g/mol. The van der Waals surface area contributed by atoms with Crippen LogP contribution in [0.1, 0.15) is 69.1 Å². The number of aryl methyl sites for hydroxylation is 2. The van der Waals surface area contributed by atoms with E-state index in [1.165, 1.54) is 91.4 Å². The smallest absolute Gasteiger partial charge is 0.224 e. The Kier molecular flexibility index (Phi) is 4.35. The molecule has 176 valence electrons. The van der Waals surface area contributed by atoms with Gasteiger partial charge in [-0.15, -0.1) is 0 Å². The molecule has 7 rings (SSSR count). The van der Waals surface area contributed by atoms with Gasteiger partial charge in [0.15, 0.2) is 6.20 Å². The molecule has 2 nitrogen and oxygen atoms in total. The van der Waals surface area contributed by atoms with Gasteiger partial charge in [-0.1, -0.05) is 57.9 Å². The molecule has 3 aromatic heterocycles. The van der Waals surface area contributed by atoms with Crippen LogP contribution in [0, 0.1) is 12.3 Å². The average Bonchev–Trinajstić information content (AvgIpc) is 3.45.